The molecule has 0 unspecified atom stereocenters. The van der Waals surface area contributed by atoms with Gasteiger partial charge in [-0.25, -0.2) is 16.8 Å². The Labute approximate surface area is 92.9 Å². The van der Waals surface area contributed by atoms with Crippen LogP contribution in [0.15, 0.2) is 0 Å². The molecule has 4 nitrogen and oxygen atoms in total. The molecule has 0 spiro atoms. The van der Waals surface area contributed by atoms with E-state index in [9.17, 15) is 16.8 Å². The minimum Gasteiger partial charge on any atom is -0.227 e. The van der Waals surface area contributed by atoms with Gasteiger partial charge in [0.1, 0.15) is 0 Å². The lowest BCUT2D eigenvalue weighted by atomic mass is 10.3. The summed E-state index contributed by atoms with van der Waals surface area (Å²) in [6, 6.07) is 0. The molecular formula is C9H20O4S2. The van der Waals surface area contributed by atoms with E-state index in [4.69, 9.17) is 0 Å². The molecule has 92 valence electrons. The third-order valence-corrected chi connectivity index (χ3v) is 8.82. The molecule has 0 saturated carbocycles. The summed E-state index contributed by atoms with van der Waals surface area (Å²) in [5, 5.41) is 0. The molecule has 6 heteroatoms. The Kier molecular flexibility index (Phi) is 4.38. The van der Waals surface area contributed by atoms with E-state index in [1.807, 2.05) is 0 Å². The third-order valence-electron chi connectivity index (χ3n) is 2.43. The molecule has 0 aromatic carbocycles. The van der Waals surface area contributed by atoms with Gasteiger partial charge >= 0.3 is 0 Å². The summed E-state index contributed by atoms with van der Waals surface area (Å²) in [5.74, 6) is -0.322. The molecular weight excluding hydrogens is 236 g/mol. The molecule has 0 aromatic heterocycles. The molecule has 0 aliphatic rings. The fourth-order valence-electron chi connectivity index (χ4n) is 1.18. The van der Waals surface area contributed by atoms with Gasteiger partial charge in [-0.15, -0.1) is 0 Å². The van der Waals surface area contributed by atoms with E-state index in [1.165, 1.54) is 20.8 Å². The Morgan fingerprint density at radius 2 is 1.40 bits per heavy atom. The molecule has 0 fully saturated rings. The molecule has 0 aliphatic carbocycles. The lowest BCUT2D eigenvalue weighted by Crippen LogP contribution is -2.43. The van der Waals surface area contributed by atoms with Crippen LogP contribution in [0.1, 0.15) is 34.6 Å². The Morgan fingerprint density at radius 3 is 1.67 bits per heavy atom. The first kappa shape index (κ1) is 14.9. The summed E-state index contributed by atoms with van der Waals surface area (Å²) in [5.41, 5.74) is 0. The van der Waals surface area contributed by atoms with Gasteiger partial charge < -0.3 is 0 Å². The summed E-state index contributed by atoms with van der Waals surface area (Å²) in [7, 11) is -7.21. The second-order valence-electron chi connectivity index (χ2n) is 4.48. The largest absolute Gasteiger partial charge is 0.227 e. The molecule has 0 aliphatic heterocycles. The number of hydrogen-bond donors (Lipinski definition) is 0. The number of rotatable bonds is 5. The first-order valence-electron chi connectivity index (χ1n) is 4.92. The number of sulfone groups is 2. The summed E-state index contributed by atoms with van der Waals surface area (Å²) < 4.78 is 45.4. The van der Waals surface area contributed by atoms with Gasteiger partial charge in [-0.3, -0.25) is 0 Å². The quantitative estimate of drug-likeness (QED) is 0.742. The van der Waals surface area contributed by atoms with Crippen LogP contribution < -0.4 is 0 Å². The zero-order valence-electron chi connectivity index (χ0n) is 9.94. The fourth-order valence-corrected chi connectivity index (χ4v) is 5.26. The van der Waals surface area contributed by atoms with E-state index in [0.29, 0.717) is 0 Å². The highest BCUT2D eigenvalue weighted by atomic mass is 32.3. The topological polar surface area (TPSA) is 68.3 Å². The van der Waals surface area contributed by atoms with Crippen LogP contribution in [0, 0.1) is 5.92 Å². The maximum absolute atomic E-state index is 11.9. The molecule has 15 heavy (non-hydrogen) atoms. The highest BCUT2D eigenvalue weighted by Crippen LogP contribution is 2.26. The molecule has 0 saturated heterocycles. The standard InChI is InChI=1S/C9H20O4S2/c1-6-14(10,11)9(4,5)15(12,13)7-8(2)3/h8H,6-7H2,1-5H3. The average molecular weight is 256 g/mol. The lowest BCUT2D eigenvalue weighted by molar-refractivity contribution is 0.548. The van der Waals surface area contributed by atoms with Crippen molar-refractivity contribution in [1.29, 1.82) is 0 Å². The van der Waals surface area contributed by atoms with E-state index in [1.54, 1.807) is 13.8 Å². The monoisotopic (exact) mass is 256 g/mol. The van der Waals surface area contributed by atoms with E-state index in [-0.39, 0.29) is 17.4 Å². The minimum atomic E-state index is -3.62. The molecule has 0 bridgehead atoms. The predicted molar refractivity (Wildman–Crippen MR) is 62.2 cm³/mol. The second-order valence-corrected chi connectivity index (χ2v) is 10.1. The first-order chi connectivity index (χ1) is 6.48. The van der Waals surface area contributed by atoms with Crippen molar-refractivity contribution in [2.45, 2.75) is 38.7 Å². The molecule has 0 heterocycles. The molecule has 0 amide bonds. The zero-order valence-corrected chi connectivity index (χ0v) is 11.6. The third kappa shape index (κ3) is 2.93. The van der Waals surface area contributed by atoms with Crippen LogP contribution in [-0.2, 0) is 19.7 Å². The Hall–Kier alpha value is -0.100. The fraction of sp³-hybridized carbons (Fsp3) is 1.00. The maximum atomic E-state index is 11.9. The summed E-state index contributed by atoms with van der Waals surface area (Å²) in [6.45, 7) is 7.51. The van der Waals surface area contributed by atoms with Crippen LogP contribution in [0.5, 0.6) is 0 Å². The van der Waals surface area contributed by atoms with Gasteiger partial charge in [0, 0.05) is 5.75 Å². The second kappa shape index (κ2) is 4.41. The maximum Gasteiger partial charge on any atom is 0.170 e. The van der Waals surface area contributed by atoms with Crippen molar-refractivity contribution < 1.29 is 16.8 Å². The van der Waals surface area contributed by atoms with Gasteiger partial charge in [-0.1, -0.05) is 20.8 Å². The van der Waals surface area contributed by atoms with Crippen LogP contribution >= 0.6 is 0 Å². The van der Waals surface area contributed by atoms with E-state index < -0.39 is 23.8 Å². The lowest BCUT2D eigenvalue weighted by Gasteiger charge is -2.25. The number of hydrogen-bond acceptors (Lipinski definition) is 4. The minimum absolute atomic E-state index is 0.0682. The first-order valence-corrected chi connectivity index (χ1v) is 8.23. The van der Waals surface area contributed by atoms with Gasteiger partial charge in [0.25, 0.3) is 0 Å². The van der Waals surface area contributed by atoms with Gasteiger partial charge in [-0.2, -0.15) is 0 Å². The summed E-state index contributed by atoms with van der Waals surface area (Å²) in [6.07, 6.45) is 0. The molecule has 0 N–H and O–H groups in total. The summed E-state index contributed by atoms with van der Waals surface area (Å²) >= 11 is 0. The van der Waals surface area contributed by atoms with Gasteiger partial charge in [0.2, 0.25) is 0 Å². The highest BCUT2D eigenvalue weighted by molar-refractivity contribution is 8.10. The van der Waals surface area contributed by atoms with Crippen molar-refractivity contribution >= 4 is 19.7 Å². The highest BCUT2D eigenvalue weighted by Gasteiger charge is 2.45. The van der Waals surface area contributed by atoms with Crippen molar-refractivity contribution in [2.75, 3.05) is 11.5 Å². The Morgan fingerprint density at radius 1 is 1.00 bits per heavy atom. The van der Waals surface area contributed by atoms with Crippen molar-refractivity contribution in [3.63, 3.8) is 0 Å². The van der Waals surface area contributed by atoms with Crippen LogP contribution in [-0.4, -0.2) is 32.4 Å². The van der Waals surface area contributed by atoms with E-state index in [0.717, 1.165) is 0 Å². The van der Waals surface area contributed by atoms with Gasteiger partial charge in [0.15, 0.2) is 23.8 Å². The molecule has 0 aromatic rings. The SMILES string of the molecule is CCS(=O)(=O)C(C)(C)S(=O)(=O)CC(C)C. The van der Waals surface area contributed by atoms with Crippen LogP contribution in [0.3, 0.4) is 0 Å². The van der Waals surface area contributed by atoms with Crippen molar-refractivity contribution in [3.8, 4) is 0 Å². The average Bonchev–Trinajstić information content (AvgIpc) is 2.01. The van der Waals surface area contributed by atoms with Gasteiger partial charge in [0.05, 0.1) is 5.75 Å². The Bertz CT molecular complexity index is 401. The molecule has 0 atom stereocenters. The predicted octanol–water partition coefficient (Wildman–Crippen LogP) is 1.23. The van der Waals surface area contributed by atoms with Crippen molar-refractivity contribution in [3.05, 3.63) is 0 Å². The van der Waals surface area contributed by atoms with Crippen molar-refractivity contribution in [1.82, 2.24) is 0 Å². The van der Waals surface area contributed by atoms with Crippen LogP contribution in [0.25, 0.3) is 0 Å². The smallest absolute Gasteiger partial charge is 0.170 e. The molecule has 0 rings (SSSR count). The van der Waals surface area contributed by atoms with Crippen LogP contribution in [0.2, 0.25) is 0 Å². The van der Waals surface area contributed by atoms with Crippen molar-refractivity contribution in [2.24, 2.45) is 5.92 Å². The zero-order chi connectivity index (χ0) is 12.5. The molecule has 0 radical (unpaired) electrons. The van der Waals surface area contributed by atoms with E-state index >= 15 is 0 Å². The van der Waals surface area contributed by atoms with Gasteiger partial charge in [-0.05, 0) is 19.8 Å². The van der Waals surface area contributed by atoms with E-state index in [2.05, 4.69) is 0 Å². The van der Waals surface area contributed by atoms with Crippen LogP contribution in [0.4, 0.5) is 0 Å². The normalized spacial score (nSPS) is 14.5. The Balaban J connectivity index is 5.40. The summed E-state index contributed by atoms with van der Waals surface area (Å²) in [4.78, 5) is 0.